The van der Waals surface area contributed by atoms with Crippen LogP contribution in [0, 0.1) is 5.92 Å². The molecule has 0 saturated carbocycles. The first kappa shape index (κ1) is 19.1. The number of halogens is 1. The minimum Gasteiger partial charge on any atom is -0.352 e. The standard InChI is InChI=1S/C16H24N2O2S.ClH/c1-21(20)12-14-4-2-6-15(10-14)16(19)18-9-7-13-5-3-8-17-11-13;/h2,4,6,10,13,17H,3,5,7-9,11-12H2,1H3,(H,18,19);1H. The SMILES string of the molecule is CS(=O)Cc1cccc(C(=O)NCCC2CCCNC2)c1.Cl. The summed E-state index contributed by atoms with van der Waals surface area (Å²) < 4.78 is 11.2. The molecule has 2 rings (SSSR count). The highest BCUT2D eigenvalue weighted by Gasteiger charge is 2.13. The number of hydrogen-bond donors (Lipinski definition) is 2. The summed E-state index contributed by atoms with van der Waals surface area (Å²) in [6.07, 6.45) is 5.18. The molecule has 4 nitrogen and oxygen atoms in total. The fourth-order valence-electron chi connectivity index (χ4n) is 2.70. The Morgan fingerprint density at radius 1 is 1.45 bits per heavy atom. The average molecular weight is 345 g/mol. The van der Waals surface area contributed by atoms with Gasteiger partial charge in [-0.25, -0.2) is 0 Å². The van der Waals surface area contributed by atoms with Crippen LogP contribution in [0.25, 0.3) is 0 Å². The second kappa shape index (κ2) is 9.98. The van der Waals surface area contributed by atoms with E-state index in [2.05, 4.69) is 10.6 Å². The quantitative estimate of drug-likeness (QED) is 0.831. The zero-order chi connectivity index (χ0) is 15.1. The highest BCUT2D eigenvalue weighted by molar-refractivity contribution is 7.83. The maximum Gasteiger partial charge on any atom is 0.251 e. The number of rotatable bonds is 6. The third-order valence-corrected chi connectivity index (χ3v) is 4.54. The topological polar surface area (TPSA) is 58.2 Å². The second-order valence-electron chi connectivity index (χ2n) is 5.67. The number of piperidine rings is 1. The van der Waals surface area contributed by atoms with E-state index in [1.807, 2.05) is 18.2 Å². The van der Waals surface area contributed by atoms with Gasteiger partial charge in [0, 0.05) is 34.9 Å². The van der Waals surface area contributed by atoms with E-state index >= 15 is 0 Å². The molecule has 2 N–H and O–H groups in total. The number of benzene rings is 1. The lowest BCUT2D eigenvalue weighted by Crippen LogP contribution is -2.33. The van der Waals surface area contributed by atoms with Crippen LogP contribution in [-0.4, -0.2) is 36.0 Å². The van der Waals surface area contributed by atoms with Crippen molar-refractivity contribution in [3.8, 4) is 0 Å². The summed E-state index contributed by atoms with van der Waals surface area (Å²) in [5.74, 6) is 1.13. The molecule has 1 amide bonds. The lowest BCUT2D eigenvalue weighted by molar-refractivity contribution is 0.0950. The van der Waals surface area contributed by atoms with Crippen LogP contribution in [0.15, 0.2) is 24.3 Å². The molecule has 0 radical (unpaired) electrons. The molecule has 1 aromatic rings. The summed E-state index contributed by atoms with van der Waals surface area (Å²) in [6.45, 7) is 2.90. The molecule has 0 bridgehead atoms. The fraction of sp³-hybridized carbons (Fsp3) is 0.562. The van der Waals surface area contributed by atoms with Gasteiger partial charge in [0.2, 0.25) is 0 Å². The van der Waals surface area contributed by atoms with Crippen LogP contribution >= 0.6 is 12.4 Å². The van der Waals surface area contributed by atoms with Crippen molar-refractivity contribution in [2.24, 2.45) is 5.92 Å². The number of carbonyl (C=O) groups is 1. The first-order valence-corrected chi connectivity index (χ1v) is 9.26. The Morgan fingerprint density at radius 3 is 2.95 bits per heavy atom. The highest BCUT2D eigenvalue weighted by atomic mass is 35.5. The first-order chi connectivity index (χ1) is 10.1. The maximum atomic E-state index is 12.1. The molecule has 1 saturated heterocycles. The number of hydrogen-bond acceptors (Lipinski definition) is 3. The zero-order valence-corrected chi connectivity index (χ0v) is 14.6. The Hall–Kier alpha value is -0.910. The van der Waals surface area contributed by atoms with Crippen LogP contribution in [0.5, 0.6) is 0 Å². The maximum absolute atomic E-state index is 12.1. The number of nitrogens with one attached hydrogen (secondary N) is 2. The van der Waals surface area contributed by atoms with Crippen LogP contribution in [0.4, 0.5) is 0 Å². The molecule has 0 spiro atoms. The van der Waals surface area contributed by atoms with Gasteiger partial charge in [-0.05, 0) is 56.0 Å². The van der Waals surface area contributed by atoms with Crippen molar-refractivity contribution in [3.63, 3.8) is 0 Å². The summed E-state index contributed by atoms with van der Waals surface area (Å²) >= 11 is 0. The van der Waals surface area contributed by atoms with E-state index < -0.39 is 10.8 Å². The van der Waals surface area contributed by atoms with E-state index in [-0.39, 0.29) is 18.3 Å². The van der Waals surface area contributed by atoms with Gasteiger partial charge in [-0.1, -0.05) is 12.1 Å². The molecule has 124 valence electrons. The Kier molecular flexibility index (Phi) is 8.68. The van der Waals surface area contributed by atoms with Crippen LogP contribution in [0.1, 0.15) is 35.2 Å². The molecule has 0 aromatic heterocycles. The smallest absolute Gasteiger partial charge is 0.251 e. The predicted molar refractivity (Wildman–Crippen MR) is 94.0 cm³/mol. The zero-order valence-electron chi connectivity index (χ0n) is 13.0. The molecule has 2 atom stereocenters. The molecule has 1 aromatic carbocycles. The van der Waals surface area contributed by atoms with Gasteiger partial charge in [0.05, 0.1) is 0 Å². The van der Waals surface area contributed by atoms with E-state index in [9.17, 15) is 9.00 Å². The minimum absolute atomic E-state index is 0. The third-order valence-electron chi connectivity index (χ3n) is 3.80. The fourth-order valence-corrected chi connectivity index (χ4v) is 3.35. The molecule has 0 aliphatic carbocycles. The molecule has 2 unspecified atom stereocenters. The van der Waals surface area contributed by atoms with Crippen LogP contribution < -0.4 is 10.6 Å². The third kappa shape index (κ3) is 6.46. The highest BCUT2D eigenvalue weighted by Crippen LogP contribution is 2.13. The van der Waals surface area contributed by atoms with Crippen molar-refractivity contribution in [2.45, 2.75) is 25.0 Å². The van der Waals surface area contributed by atoms with Gasteiger partial charge < -0.3 is 10.6 Å². The monoisotopic (exact) mass is 344 g/mol. The predicted octanol–water partition coefficient (Wildman–Crippen LogP) is 2.11. The van der Waals surface area contributed by atoms with Crippen molar-refractivity contribution >= 4 is 29.1 Å². The van der Waals surface area contributed by atoms with Gasteiger partial charge in [0.25, 0.3) is 5.91 Å². The summed E-state index contributed by atoms with van der Waals surface area (Å²) in [6, 6.07) is 7.40. The van der Waals surface area contributed by atoms with Gasteiger partial charge in [-0.2, -0.15) is 0 Å². The van der Waals surface area contributed by atoms with E-state index in [1.165, 1.54) is 12.8 Å². The van der Waals surface area contributed by atoms with E-state index in [0.717, 1.165) is 31.6 Å². The molecule has 6 heteroatoms. The largest absolute Gasteiger partial charge is 0.352 e. The Bertz CT molecular complexity index is 505. The van der Waals surface area contributed by atoms with Crippen molar-refractivity contribution in [1.29, 1.82) is 0 Å². The molecule has 1 aliphatic rings. The Morgan fingerprint density at radius 2 is 2.27 bits per heavy atom. The van der Waals surface area contributed by atoms with E-state index in [4.69, 9.17) is 0 Å². The van der Waals surface area contributed by atoms with Crippen molar-refractivity contribution < 1.29 is 9.00 Å². The summed E-state index contributed by atoms with van der Waals surface area (Å²) in [7, 11) is -0.885. The van der Waals surface area contributed by atoms with Gasteiger partial charge in [-0.3, -0.25) is 9.00 Å². The summed E-state index contributed by atoms with van der Waals surface area (Å²) in [5, 5.41) is 6.37. The summed E-state index contributed by atoms with van der Waals surface area (Å²) in [5.41, 5.74) is 1.60. The summed E-state index contributed by atoms with van der Waals surface area (Å²) in [4.78, 5) is 12.1. The van der Waals surface area contributed by atoms with E-state index in [0.29, 0.717) is 17.2 Å². The second-order valence-corrected chi connectivity index (χ2v) is 7.11. The Balaban J connectivity index is 0.00000242. The van der Waals surface area contributed by atoms with Gasteiger partial charge in [0.1, 0.15) is 0 Å². The minimum atomic E-state index is -0.885. The molecule has 1 aliphatic heterocycles. The number of amides is 1. The first-order valence-electron chi connectivity index (χ1n) is 7.53. The Labute approximate surface area is 141 Å². The normalized spacial score (nSPS) is 19.0. The van der Waals surface area contributed by atoms with Crippen LogP contribution in [0.2, 0.25) is 0 Å². The van der Waals surface area contributed by atoms with Crippen LogP contribution in [-0.2, 0) is 16.6 Å². The molecular weight excluding hydrogens is 320 g/mol. The van der Waals surface area contributed by atoms with E-state index in [1.54, 1.807) is 12.3 Å². The van der Waals surface area contributed by atoms with Crippen molar-refractivity contribution in [1.82, 2.24) is 10.6 Å². The lowest BCUT2D eigenvalue weighted by atomic mass is 9.96. The van der Waals surface area contributed by atoms with Gasteiger partial charge in [-0.15, -0.1) is 12.4 Å². The van der Waals surface area contributed by atoms with Crippen molar-refractivity contribution in [2.75, 3.05) is 25.9 Å². The molecule has 1 heterocycles. The van der Waals surface area contributed by atoms with Crippen molar-refractivity contribution in [3.05, 3.63) is 35.4 Å². The van der Waals surface area contributed by atoms with Crippen LogP contribution in [0.3, 0.4) is 0 Å². The molecular formula is C16H25ClN2O2S. The molecule has 22 heavy (non-hydrogen) atoms. The molecule has 1 fully saturated rings. The lowest BCUT2D eigenvalue weighted by Gasteiger charge is -2.22. The van der Waals surface area contributed by atoms with Gasteiger partial charge in [0.15, 0.2) is 0 Å². The number of carbonyl (C=O) groups excluding carboxylic acids is 1. The average Bonchev–Trinajstić information content (AvgIpc) is 2.48. The van der Waals surface area contributed by atoms with Gasteiger partial charge >= 0.3 is 0 Å².